The van der Waals surface area contributed by atoms with E-state index in [1.54, 1.807) is 0 Å². The highest BCUT2D eigenvalue weighted by molar-refractivity contribution is 5.21. The molecule has 0 aliphatic carbocycles. The molecule has 5 heteroatoms. The van der Waals surface area contributed by atoms with Gasteiger partial charge in [0.1, 0.15) is 6.61 Å². The van der Waals surface area contributed by atoms with Crippen LogP contribution in [0.3, 0.4) is 0 Å². The number of aromatic amines is 1. The number of rotatable bonds is 6. The highest BCUT2D eigenvalue weighted by Crippen LogP contribution is 2.05. The number of aryl methyl sites for hydroxylation is 1. The van der Waals surface area contributed by atoms with Crippen molar-refractivity contribution in [2.24, 2.45) is 0 Å². The van der Waals surface area contributed by atoms with E-state index in [9.17, 15) is 4.79 Å². The minimum absolute atomic E-state index is 0.219. The van der Waals surface area contributed by atoms with Gasteiger partial charge in [-0.3, -0.25) is 4.98 Å². The smallest absolute Gasteiger partial charge is 0.343 e. The first-order valence-corrected chi connectivity index (χ1v) is 7.54. The number of H-pyrrole nitrogens is 1. The van der Waals surface area contributed by atoms with Crippen LogP contribution in [0.2, 0.25) is 0 Å². The summed E-state index contributed by atoms with van der Waals surface area (Å²) in [5.41, 5.74) is 3.11. The van der Waals surface area contributed by atoms with Gasteiger partial charge in [-0.05, 0) is 18.1 Å². The molecule has 0 saturated heterocycles. The molecule has 118 valence electrons. The van der Waals surface area contributed by atoms with Gasteiger partial charge in [-0.2, -0.15) is 5.10 Å². The summed E-state index contributed by atoms with van der Waals surface area (Å²) in [4.78, 5) is 14.7. The fourth-order valence-electron chi connectivity index (χ4n) is 2.28. The molecule has 0 saturated carbocycles. The lowest BCUT2D eigenvalue weighted by atomic mass is 10.1. The zero-order valence-electron chi connectivity index (χ0n) is 13.0. The molecule has 1 heterocycles. The summed E-state index contributed by atoms with van der Waals surface area (Å²) in [5.74, 6) is 0.540. The van der Waals surface area contributed by atoms with E-state index < -0.39 is 0 Å². The van der Waals surface area contributed by atoms with Crippen LogP contribution in [-0.4, -0.2) is 14.8 Å². The van der Waals surface area contributed by atoms with Gasteiger partial charge in [0.2, 0.25) is 0 Å². The number of nitrogens with one attached hydrogen (secondary N) is 1. The SMILES string of the molecule is Cc1ccc(Cn2nc(COCc3ccccc3)[nH]c2=O)cc1. The molecule has 0 radical (unpaired) electrons. The molecule has 0 bridgehead atoms. The van der Waals surface area contributed by atoms with Crippen molar-refractivity contribution in [3.8, 4) is 0 Å². The number of ether oxygens (including phenoxy) is 1. The largest absolute Gasteiger partial charge is 0.369 e. The van der Waals surface area contributed by atoms with Gasteiger partial charge in [0.25, 0.3) is 0 Å². The number of aromatic nitrogens is 3. The van der Waals surface area contributed by atoms with E-state index >= 15 is 0 Å². The number of hydrogen-bond donors (Lipinski definition) is 1. The number of hydrogen-bond acceptors (Lipinski definition) is 3. The Morgan fingerprint density at radius 2 is 1.74 bits per heavy atom. The zero-order chi connectivity index (χ0) is 16.1. The summed E-state index contributed by atoms with van der Waals surface area (Å²) in [7, 11) is 0. The van der Waals surface area contributed by atoms with Crippen molar-refractivity contribution in [1.29, 1.82) is 0 Å². The average molecular weight is 309 g/mol. The van der Waals surface area contributed by atoms with Crippen molar-refractivity contribution in [3.63, 3.8) is 0 Å². The molecular weight excluding hydrogens is 290 g/mol. The Bertz CT molecular complexity index is 804. The molecule has 0 spiro atoms. The van der Waals surface area contributed by atoms with Crippen LogP contribution in [-0.2, 0) is 24.5 Å². The van der Waals surface area contributed by atoms with E-state index in [1.807, 2.05) is 61.5 Å². The van der Waals surface area contributed by atoms with Crippen LogP contribution in [0.15, 0.2) is 59.4 Å². The summed E-state index contributed by atoms with van der Waals surface area (Å²) in [6, 6.07) is 18.0. The normalized spacial score (nSPS) is 10.8. The van der Waals surface area contributed by atoms with Crippen molar-refractivity contribution in [1.82, 2.24) is 14.8 Å². The lowest BCUT2D eigenvalue weighted by Crippen LogP contribution is -2.18. The minimum Gasteiger partial charge on any atom is -0.369 e. The third-order valence-electron chi connectivity index (χ3n) is 3.53. The lowest BCUT2D eigenvalue weighted by Gasteiger charge is -2.02. The quantitative estimate of drug-likeness (QED) is 0.761. The van der Waals surface area contributed by atoms with Crippen LogP contribution < -0.4 is 5.69 Å². The van der Waals surface area contributed by atoms with Crippen LogP contribution in [0.5, 0.6) is 0 Å². The molecule has 0 aliphatic rings. The lowest BCUT2D eigenvalue weighted by molar-refractivity contribution is 0.101. The predicted octanol–water partition coefficient (Wildman–Crippen LogP) is 2.64. The maximum absolute atomic E-state index is 11.9. The summed E-state index contributed by atoms with van der Waals surface area (Å²) < 4.78 is 7.02. The Kier molecular flexibility index (Phi) is 4.68. The highest BCUT2D eigenvalue weighted by Gasteiger charge is 2.06. The third kappa shape index (κ3) is 4.17. The summed E-state index contributed by atoms with van der Waals surface area (Å²) >= 11 is 0. The second-order valence-corrected chi connectivity index (χ2v) is 5.50. The third-order valence-corrected chi connectivity index (χ3v) is 3.53. The molecule has 1 N–H and O–H groups in total. The molecule has 23 heavy (non-hydrogen) atoms. The van der Waals surface area contributed by atoms with E-state index in [-0.39, 0.29) is 12.3 Å². The van der Waals surface area contributed by atoms with Crippen molar-refractivity contribution < 1.29 is 4.74 Å². The summed E-state index contributed by atoms with van der Waals surface area (Å²) in [6.45, 7) is 3.26. The monoisotopic (exact) mass is 309 g/mol. The summed E-state index contributed by atoms with van der Waals surface area (Å²) in [6.07, 6.45) is 0. The Hall–Kier alpha value is -2.66. The van der Waals surface area contributed by atoms with Gasteiger partial charge in [0.15, 0.2) is 5.82 Å². The van der Waals surface area contributed by atoms with Crippen molar-refractivity contribution in [3.05, 3.63) is 87.6 Å². The Labute approximate surface area is 134 Å². The molecule has 1 aromatic heterocycles. The number of nitrogens with zero attached hydrogens (tertiary/aromatic N) is 2. The maximum atomic E-state index is 11.9. The Balaban J connectivity index is 1.59. The first kappa shape index (κ1) is 15.2. The van der Waals surface area contributed by atoms with Crippen LogP contribution in [0.4, 0.5) is 0 Å². The molecule has 0 amide bonds. The van der Waals surface area contributed by atoms with E-state index in [0.29, 0.717) is 19.0 Å². The standard InChI is InChI=1S/C18H19N3O2/c1-14-7-9-15(10-8-14)11-21-18(22)19-17(20-21)13-23-12-16-5-3-2-4-6-16/h2-10H,11-13H2,1H3,(H,19,20,22). The maximum Gasteiger partial charge on any atom is 0.343 e. The van der Waals surface area contributed by atoms with Crippen molar-refractivity contribution in [2.75, 3.05) is 0 Å². The molecule has 3 rings (SSSR count). The van der Waals surface area contributed by atoms with Crippen molar-refractivity contribution >= 4 is 0 Å². The predicted molar refractivity (Wildman–Crippen MR) is 88.1 cm³/mol. The van der Waals surface area contributed by atoms with Crippen LogP contribution in [0.25, 0.3) is 0 Å². The van der Waals surface area contributed by atoms with Gasteiger partial charge in [-0.1, -0.05) is 60.2 Å². The van der Waals surface area contributed by atoms with Crippen LogP contribution in [0.1, 0.15) is 22.5 Å². The van der Waals surface area contributed by atoms with Gasteiger partial charge in [0.05, 0.1) is 13.2 Å². The van der Waals surface area contributed by atoms with Gasteiger partial charge < -0.3 is 4.74 Å². The van der Waals surface area contributed by atoms with E-state index in [2.05, 4.69) is 10.1 Å². The fraction of sp³-hybridized carbons (Fsp3) is 0.222. The molecule has 5 nitrogen and oxygen atoms in total. The molecule has 0 atom stereocenters. The molecule has 2 aromatic carbocycles. The summed E-state index contributed by atoms with van der Waals surface area (Å²) in [5, 5.41) is 4.28. The van der Waals surface area contributed by atoms with Gasteiger partial charge in [-0.15, -0.1) is 0 Å². The average Bonchev–Trinajstić information content (AvgIpc) is 2.90. The molecule has 0 aliphatic heterocycles. The number of benzene rings is 2. The fourth-order valence-corrected chi connectivity index (χ4v) is 2.28. The van der Waals surface area contributed by atoms with Gasteiger partial charge >= 0.3 is 5.69 Å². The van der Waals surface area contributed by atoms with E-state index in [4.69, 9.17) is 4.74 Å². The first-order valence-electron chi connectivity index (χ1n) is 7.54. The minimum atomic E-state index is -0.219. The molecule has 0 unspecified atom stereocenters. The molecule has 0 fully saturated rings. The second-order valence-electron chi connectivity index (χ2n) is 5.50. The van der Waals surface area contributed by atoms with E-state index in [1.165, 1.54) is 10.2 Å². The Morgan fingerprint density at radius 3 is 2.48 bits per heavy atom. The topological polar surface area (TPSA) is 59.9 Å². The van der Waals surface area contributed by atoms with E-state index in [0.717, 1.165) is 11.1 Å². The van der Waals surface area contributed by atoms with Crippen LogP contribution in [0, 0.1) is 6.92 Å². The van der Waals surface area contributed by atoms with Gasteiger partial charge in [-0.25, -0.2) is 9.48 Å². The van der Waals surface area contributed by atoms with Crippen molar-refractivity contribution in [2.45, 2.75) is 26.7 Å². The van der Waals surface area contributed by atoms with Gasteiger partial charge in [0, 0.05) is 0 Å². The molecule has 3 aromatic rings. The first-order chi connectivity index (χ1) is 11.2. The highest BCUT2D eigenvalue weighted by atomic mass is 16.5. The zero-order valence-corrected chi connectivity index (χ0v) is 13.0. The molecular formula is C18H19N3O2. The van der Waals surface area contributed by atoms with Crippen LogP contribution >= 0.6 is 0 Å². The second kappa shape index (κ2) is 7.07. The Morgan fingerprint density at radius 1 is 1.00 bits per heavy atom.